The van der Waals surface area contributed by atoms with Crippen molar-refractivity contribution in [3.8, 4) is 0 Å². The molecule has 1 aromatic heterocycles. The predicted octanol–water partition coefficient (Wildman–Crippen LogP) is 1.95. The van der Waals surface area contributed by atoms with Gasteiger partial charge in [0.2, 0.25) is 0 Å². The molecule has 0 spiro atoms. The minimum Gasteiger partial charge on any atom is -0.379 e. The van der Waals surface area contributed by atoms with Crippen LogP contribution in [-0.4, -0.2) is 9.91 Å². The van der Waals surface area contributed by atoms with Gasteiger partial charge in [0.15, 0.2) is 0 Å². The number of nitrogen functional groups attached to an aromatic ring is 1. The minimum absolute atomic E-state index is 0.0220. The molecule has 2 rings (SSSR count). The summed E-state index contributed by atoms with van der Waals surface area (Å²) in [6.07, 6.45) is 0. The average Bonchev–Trinajstić information content (AvgIpc) is 2.89. The van der Waals surface area contributed by atoms with E-state index in [1.807, 2.05) is 5.38 Å². The molecule has 1 aromatic carbocycles. The molecule has 0 fully saturated rings. The standard InChI is InChI=1S/C10H11N5O2S/c11-14-8-1-7(2-10(3-8)15(16)17)12-4-9-5-18-6-13-9/h1-3,5-6,12,14H,4,11H2. The first-order chi connectivity index (χ1) is 8.69. The van der Waals surface area contributed by atoms with Crippen LogP contribution in [0.5, 0.6) is 0 Å². The van der Waals surface area contributed by atoms with E-state index in [9.17, 15) is 10.1 Å². The molecule has 8 heteroatoms. The number of aromatic nitrogens is 1. The molecule has 2 aromatic rings. The van der Waals surface area contributed by atoms with Crippen LogP contribution in [0.1, 0.15) is 5.69 Å². The van der Waals surface area contributed by atoms with E-state index in [1.54, 1.807) is 11.6 Å². The fourth-order valence-electron chi connectivity index (χ4n) is 1.42. The van der Waals surface area contributed by atoms with Gasteiger partial charge in [0.1, 0.15) is 0 Å². The minimum atomic E-state index is -0.463. The van der Waals surface area contributed by atoms with Gasteiger partial charge in [0.05, 0.1) is 28.4 Å². The van der Waals surface area contributed by atoms with Gasteiger partial charge < -0.3 is 10.7 Å². The quantitative estimate of drug-likeness (QED) is 0.433. The maximum absolute atomic E-state index is 10.8. The fourth-order valence-corrected chi connectivity index (χ4v) is 1.98. The van der Waals surface area contributed by atoms with Gasteiger partial charge in [-0.3, -0.25) is 16.0 Å². The Labute approximate surface area is 107 Å². The van der Waals surface area contributed by atoms with E-state index in [2.05, 4.69) is 15.7 Å². The van der Waals surface area contributed by atoms with Crippen LogP contribution in [0.25, 0.3) is 0 Å². The highest BCUT2D eigenvalue weighted by Gasteiger charge is 2.09. The largest absolute Gasteiger partial charge is 0.379 e. The van der Waals surface area contributed by atoms with Crippen molar-refractivity contribution in [3.63, 3.8) is 0 Å². The van der Waals surface area contributed by atoms with Crippen molar-refractivity contribution in [2.75, 3.05) is 10.7 Å². The van der Waals surface area contributed by atoms with Gasteiger partial charge >= 0.3 is 0 Å². The lowest BCUT2D eigenvalue weighted by atomic mass is 10.2. The van der Waals surface area contributed by atoms with E-state index < -0.39 is 4.92 Å². The highest BCUT2D eigenvalue weighted by Crippen LogP contribution is 2.24. The van der Waals surface area contributed by atoms with Crippen LogP contribution in [0.3, 0.4) is 0 Å². The fraction of sp³-hybridized carbons (Fsp3) is 0.100. The first kappa shape index (κ1) is 12.3. The van der Waals surface area contributed by atoms with Crippen LogP contribution in [0.4, 0.5) is 17.1 Å². The van der Waals surface area contributed by atoms with Gasteiger partial charge in [-0.1, -0.05) is 0 Å². The monoisotopic (exact) mass is 265 g/mol. The third-order valence-electron chi connectivity index (χ3n) is 2.25. The van der Waals surface area contributed by atoms with Gasteiger partial charge in [-0.2, -0.15) is 0 Å². The van der Waals surface area contributed by atoms with Crippen molar-refractivity contribution < 1.29 is 4.92 Å². The molecule has 0 saturated heterocycles. The zero-order chi connectivity index (χ0) is 13.0. The topological polar surface area (TPSA) is 106 Å². The highest BCUT2D eigenvalue weighted by atomic mass is 32.1. The normalized spacial score (nSPS) is 10.1. The van der Waals surface area contributed by atoms with Gasteiger partial charge in [0, 0.05) is 23.2 Å². The van der Waals surface area contributed by atoms with Crippen LogP contribution in [0.2, 0.25) is 0 Å². The first-order valence-electron chi connectivity index (χ1n) is 5.06. The lowest BCUT2D eigenvalue weighted by Gasteiger charge is -2.07. The van der Waals surface area contributed by atoms with Crippen molar-refractivity contribution in [3.05, 3.63) is 44.9 Å². The Bertz CT molecular complexity index is 543. The summed E-state index contributed by atoms with van der Waals surface area (Å²) >= 11 is 1.50. The van der Waals surface area contributed by atoms with E-state index in [1.165, 1.54) is 23.5 Å². The molecule has 0 amide bonds. The van der Waals surface area contributed by atoms with Crippen LogP contribution >= 0.6 is 11.3 Å². The second-order valence-electron chi connectivity index (χ2n) is 3.50. The van der Waals surface area contributed by atoms with Gasteiger partial charge in [-0.15, -0.1) is 11.3 Å². The van der Waals surface area contributed by atoms with E-state index in [-0.39, 0.29) is 5.69 Å². The Balaban J connectivity index is 2.16. The molecule has 0 aliphatic rings. The Kier molecular flexibility index (Phi) is 3.70. The van der Waals surface area contributed by atoms with Gasteiger partial charge in [-0.05, 0) is 6.07 Å². The number of non-ortho nitro benzene ring substituents is 1. The Morgan fingerprint density at radius 2 is 2.17 bits per heavy atom. The van der Waals surface area contributed by atoms with Crippen LogP contribution in [-0.2, 0) is 6.54 Å². The summed E-state index contributed by atoms with van der Waals surface area (Å²) in [6, 6.07) is 4.51. The molecular weight excluding hydrogens is 254 g/mol. The van der Waals surface area contributed by atoms with Gasteiger partial charge in [0.25, 0.3) is 5.69 Å². The number of hydrazine groups is 1. The number of nitro benzene ring substituents is 1. The number of anilines is 2. The summed E-state index contributed by atoms with van der Waals surface area (Å²) in [5.74, 6) is 5.27. The molecule has 7 nitrogen and oxygen atoms in total. The average molecular weight is 265 g/mol. The summed E-state index contributed by atoms with van der Waals surface area (Å²) in [7, 11) is 0. The summed E-state index contributed by atoms with van der Waals surface area (Å²) in [5, 5.41) is 15.7. The van der Waals surface area contributed by atoms with Crippen LogP contribution in [0.15, 0.2) is 29.1 Å². The number of hydrogen-bond acceptors (Lipinski definition) is 7. The number of benzene rings is 1. The SMILES string of the molecule is NNc1cc(NCc2cscn2)cc([N+](=O)[O-])c1. The predicted molar refractivity (Wildman–Crippen MR) is 70.3 cm³/mol. The molecule has 94 valence electrons. The van der Waals surface area contributed by atoms with Crippen LogP contribution in [0, 0.1) is 10.1 Å². The molecule has 18 heavy (non-hydrogen) atoms. The Morgan fingerprint density at radius 1 is 1.39 bits per heavy atom. The number of hydrogen-bond donors (Lipinski definition) is 3. The molecule has 0 bridgehead atoms. The number of thiazole rings is 1. The smallest absolute Gasteiger partial charge is 0.273 e. The molecule has 0 atom stereocenters. The maximum Gasteiger partial charge on any atom is 0.273 e. The molecule has 0 aliphatic heterocycles. The Morgan fingerprint density at radius 3 is 2.78 bits per heavy atom. The molecule has 4 N–H and O–H groups in total. The molecular formula is C10H11N5O2S. The van der Waals surface area contributed by atoms with Crippen molar-refractivity contribution >= 4 is 28.4 Å². The molecule has 0 unspecified atom stereocenters. The number of nitrogens with two attached hydrogens (primary N) is 1. The summed E-state index contributed by atoms with van der Waals surface area (Å²) in [4.78, 5) is 14.4. The first-order valence-corrected chi connectivity index (χ1v) is 6.00. The summed E-state index contributed by atoms with van der Waals surface area (Å²) in [6.45, 7) is 0.509. The molecule has 0 radical (unpaired) electrons. The van der Waals surface area contributed by atoms with E-state index >= 15 is 0 Å². The number of rotatable bonds is 5. The number of nitro groups is 1. The zero-order valence-corrected chi connectivity index (χ0v) is 10.1. The maximum atomic E-state index is 10.8. The molecule has 0 saturated carbocycles. The van der Waals surface area contributed by atoms with E-state index in [4.69, 9.17) is 5.84 Å². The Hall–Kier alpha value is -2.19. The van der Waals surface area contributed by atoms with Crippen molar-refractivity contribution in [2.24, 2.45) is 5.84 Å². The molecule has 1 heterocycles. The molecule has 0 aliphatic carbocycles. The van der Waals surface area contributed by atoms with E-state index in [0.29, 0.717) is 17.9 Å². The third-order valence-corrected chi connectivity index (χ3v) is 2.89. The third kappa shape index (κ3) is 2.93. The lowest BCUT2D eigenvalue weighted by molar-refractivity contribution is -0.384. The second-order valence-corrected chi connectivity index (χ2v) is 4.22. The van der Waals surface area contributed by atoms with Crippen molar-refractivity contribution in [2.45, 2.75) is 6.54 Å². The van der Waals surface area contributed by atoms with E-state index in [0.717, 1.165) is 5.69 Å². The number of nitrogens with one attached hydrogen (secondary N) is 2. The zero-order valence-electron chi connectivity index (χ0n) is 9.29. The van der Waals surface area contributed by atoms with Crippen LogP contribution < -0.4 is 16.6 Å². The van der Waals surface area contributed by atoms with Gasteiger partial charge in [-0.25, -0.2) is 4.98 Å². The highest BCUT2D eigenvalue weighted by molar-refractivity contribution is 7.07. The lowest BCUT2D eigenvalue weighted by Crippen LogP contribution is -2.08. The summed E-state index contributed by atoms with van der Waals surface area (Å²) in [5.41, 5.74) is 6.09. The summed E-state index contributed by atoms with van der Waals surface area (Å²) < 4.78 is 0. The van der Waals surface area contributed by atoms with Crippen molar-refractivity contribution in [1.82, 2.24) is 4.98 Å². The van der Waals surface area contributed by atoms with Crippen molar-refractivity contribution in [1.29, 1.82) is 0 Å². The second kappa shape index (κ2) is 5.43. The number of nitrogens with zero attached hydrogens (tertiary/aromatic N) is 2.